The number of rotatable bonds is 7. The van der Waals surface area contributed by atoms with E-state index in [1.54, 1.807) is 0 Å². The zero-order valence-electron chi connectivity index (χ0n) is 16.4. The molecule has 2 aromatic rings. The summed E-state index contributed by atoms with van der Waals surface area (Å²) in [4.78, 5) is 22.8. The zero-order chi connectivity index (χ0) is 21.9. The van der Waals surface area contributed by atoms with E-state index in [1.807, 2.05) is 0 Å². The monoisotopic (exact) mass is 451 g/mol. The number of sulfonamides is 1. The highest BCUT2D eigenvalue weighted by molar-refractivity contribution is 7.89. The van der Waals surface area contributed by atoms with Gasteiger partial charge in [0.2, 0.25) is 10.0 Å². The minimum absolute atomic E-state index is 0.0896. The number of Topliss-reactive ketones (excluding diaryl/α,β-unsaturated/α-hetero) is 1. The van der Waals surface area contributed by atoms with Crippen molar-refractivity contribution in [2.24, 2.45) is 5.92 Å². The Bertz CT molecular complexity index is 1050. The second-order valence-corrected chi connectivity index (χ2v) is 9.65. The Morgan fingerprint density at radius 2 is 1.83 bits per heavy atom. The first kappa shape index (κ1) is 22.2. The van der Waals surface area contributed by atoms with Crippen LogP contribution < -0.4 is 5.32 Å². The van der Waals surface area contributed by atoms with E-state index in [4.69, 9.17) is 11.6 Å². The predicted molar refractivity (Wildman–Crippen MR) is 115 cm³/mol. The number of carbonyl (C=O) groups excluding carboxylic acids is 1. The first-order valence-corrected chi connectivity index (χ1v) is 11.3. The van der Waals surface area contributed by atoms with E-state index in [0.717, 1.165) is 12.8 Å². The summed E-state index contributed by atoms with van der Waals surface area (Å²) in [7, 11) is -3.57. The minimum atomic E-state index is -3.57. The summed E-state index contributed by atoms with van der Waals surface area (Å²) in [6.45, 7) is 3.03. The summed E-state index contributed by atoms with van der Waals surface area (Å²) >= 11 is 6.01. The molecule has 8 nitrogen and oxygen atoms in total. The first-order valence-electron chi connectivity index (χ1n) is 9.49. The fourth-order valence-corrected chi connectivity index (χ4v) is 4.94. The SMILES string of the molecule is CC1CCN(S(=O)(=O)c2ccc(C(=O)CNc3ccc([N+](=O)[O-])cc3Cl)cc2)CC1. The molecule has 1 aliphatic heterocycles. The summed E-state index contributed by atoms with van der Waals surface area (Å²) in [5.74, 6) is 0.258. The van der Waals surface area contributed by atoms with Crippen molar-refractivity contribution in [3.05, 3.63) is 63.2 Å². The second kappa shape index (κ2) is 9.11. The molecule has 0 radical (unpaired) electrons. The normalized spacial score (nSPS) is 15.7. The van der Waals surface area contributed by atoms with Crippen LogP contribution in [-0.4, -0.2) is 43.1 Å². The van der Waals surface area contributed by atoms with E-state index >= 15 is 0 Å². The summed E-state index contributed by atoms with van der Waals surface area (Å²) in [5.41, 5.74) is 0.609. The molecule has 0 atom stereocenters. The Kier molecular flexibility index (Phi) is 6.74. The molecule has 0 amide bonds. The van der Waals surface area contributed by atoms with Crippen LogP contribution in [-0.2, 0) is 10.0 Å². The lowest BCUT2D eigenvalue weighted by Gasteiger charge is -2.29. The second-order valence-electron chi connectivity index (χ2n) is 7.31. The smallest absolute Gasteiger partial charge is 0.271 e. The van der Waals surface area contributed by atoms with Gasteiger partial charge in [-0.1, -0.05) is 18.5 Å². The first-order chi connectivity index (χ1) is 14.2. The maximum Gasteiger partial charge on any atom is 0.271 e. The maximum atomic E-state index is 12.8. The highest BCUT2D eigenvalue weighted by Crippen LogP contribution is 2.27. The number of hydrogen-bond donors (Lipinski definition) is 1. The highest BCUT2D eigenvalue weighted by atomic mass is 35.5. The van der Waals surface area contributed by atoms with Crippen molar-refractivity contribution in [1.82, 2.24) is 4.31 Å². The number of non-ortho nitro benzene ring substituents is 1. The molecule has 1 N–H and O–H groups in total. The molecule has 0 aromatic heterocycles. The third-order valence-corrected chi connectivity index (χ3v) is 7.39. The molecule has 2 aromatic carbocycles. The number of hydrogen-bond acceptors (Lipinski definition) is 6. The number of nitro groups is 1. The van der Waals surface area contributed by atoms with Crippen molar-refractivity contribution < 1.29 is 18.1 Å². The highest BCUT2D eigenvalue weighted by Gasteiger charge is 2.28. The van der Waals surface area contributed by atoms with E-state index < -0.39 is 14.9 Å². The van der Waals surface area contributed by atoms with Crippen LogP contribution in [0.25, 0.3) is 0 Å². The maximum absolute atomic E-state index is 12.8. The van der Waals surface area contributed by atoms with Crippen LogP contribution >= 0.6 is 11.6 Å². The number of halogens is 1. The van der Waals surface area contributed by atoms with Gasteiger partial charge in [0.1, 0.15) is 0 Å². The average molecular weight is 452 g/mol. The largest absolute Gasteiger partial charge is 0.376 e. The Balaban J connectivity index is 1.64. The van der Waals surface area contributed by atoms with Crippen LogP contribution in [0.2, 0.25) is 5.02 Å². The summed E-state index contributed by atoms with van der Waals surface area (Å²) < 4.78 is 27.0. The molecule has 30 heavy (non-hydrogen) atoms. The Morgan fingerprint density at radius 3 is 2.40 bits per heavy atom. The van der Waals surface area contributed by atoms with Gasteiger partial charge in [-0.15, -0.1) is 0 Å². The van der Waals surface area contributed by atoms with Crippen molar-refractivity contribution in [1.29, 1.82) is 0 Å². The van der Waals surface area contributed by atoms with Crippen molar-refractivity contribution in [3.8, 4) is 0 Å². The van der Waals surface area contributed by atoms with Gasteiger partial charge in [-0.05, 0) is 49.1 Å². The fraction of sp³-hybridized carbons (Fsp3) is 0.350. The number of carbonyl (C=O) groups is 1. The number of nitrogens with zero attached hydrogens (tertiary/aromatic N) is 2. The number of anilines is 1. The molecule has 0 bridgehead atoms. The molecule has 0 spiro atoms. The molecule has 10 heteroatoms. The van der Waals surface area contributed by atoms with E-state index in [0.29, 0.717) is 30.3 Å². The number of nitro benzene ring substituents is 1. The summed E-state index contributed by atoms with van der Waals surface area (Å²) in [6.07, 6.45) is 1.68. The van der Waals surface area contributed by atoms with Gasteiger partial charge in [-0.25, -0.2) is 8.42 Å². The summed E-state index contributed by atoms with van der Waals surface area (Å²) in [5, 5.41) is 13.7. The average Bonchev–Trinajstić information content (AvgIpc) is 2.73. The van der Waals surface area contributed by atoms with E-state index in [-0.39, 0.29) is 27.9 Å². The lowest BCUT2D eigenvalue weighted by atomic mass is 10.0. The number of nitrogens with one attached hydrogen (secondary N) is 1. The molecule has 0 saturated carbocycles. The number of ketones is 1. The molecule has 1 heterocycles. The van der Waals surface area contributed by atoms with Gasteiger partial charge < -0.3 is 5.32 Å². The summed E-state index contributed by atoms with van der Waals surface area (Å²) in [6, 6.07) is 9.79. The number of benzene rings is 2. The molecular weight excluding hydrogens is 430 g/mol. The van der Waals surface area contributed by atoms with Crippen LogP contribution in [0, 0.1) is 16.0 Å². The molecule has 3 rings (SSSR count). The molecule has 0 unspecified atom stereocenters. The molecule has 1 aliphatic rings. The van der Waals surface area contributed by atoms with Gasteiger partial charge in [-0.3, -0.25) is 14.9 Å². The molecule has 160 valence electrons. The van der Waals surface area contributed by atoms with E-state index in [2.05, 4.69) is 12.2 Å². The molecule has 1 saturated heterocycles. The number of piperidine rings is 1. The van der Waals surface area contributed by atoms with Gasteiger partial charge >= 0.3 is 0 Å². The van der Waals surface area contributed by atoms with Gasteiger partial charge in [0.25, 0.3) is 5.69 Å². The topological polar surface area (TPSA) is 110 Å². The van der Waals surface area contributed by atoms with Crippen LogP contribution in [0.1, 0.15) is 30.1 Å². The van der Waals surface area contributed by atoms with Crippen LogP contribution in [0.4, 0.5) is 11.4 Å². The molecular formula is C20H22ClN3O5S. The Hall–Kier alpha value is -2.49. The standard InChI is InChI=1S/C20H22ClN3O5S/c1-14-8-10-23(11-9-14)30(28,29)17-5-2-15(3-6-17)20(25)13-22-19-7-4-16(24(26)27)12-18(19)21/h2-7,12,14,22H,8-11,13H2,1H3. The fourth-order valence-electron chi connectivity index (χ4n) is 3.23. The van der Waals surface area contributed by atoms with Gasteiger partial charge in [0.05, 0.1) is 27.1 Å². The molecule has 1 fully saturated rings. The zero-order valence-corrected chi connectivity index (χ0v) is 17.9. The van der Waals surface area contributed by atoms with Gasteiger partial charge in [-0.2, -0.15) is 4.31 Å². The van der Waals surface area contributed by atoms with E-state index in [1.165, 1.54) is 46.8 Å². The van der Waals surface area contributed by atoms with Crippen LogP contribution in [0.3, 0.4) is 0 Å². The van der Waals surface area contributed by atoms with Gasteiger partial charge in [0.15, 0.2) is 5.78 Å². The van der Waals surface area contributed by atoms with Crippen molar-refractivity contribution in [3.63, 3.8) is 0 Å². The Labute approximate surface area is 180 Å². The van der Waals surface area contributed by atoms with Gasteiger partial charge in [0, 0.05) is 30.8 Å². The van der Waals surface area contributed by atoms with Crippen molar-refractivity contribution in [2.75, 3.05) is 25.0 Å². The third-order valence-electron chi connectivity index (χ3n) is 5.16. The lowest BCUT2D eigenvalue weighted by Crippen LogP contribution is -2.37. The van der Waals surface area contributed by atoms with Crippen LogP contribution in [0.15, 0.2) is 47.4 Å². The third kappa shape index (κ3) is 4.97. The quantitative estimate of drug-likeness (QED) is 0.387. The van der Waals surface area contributed by atoms with Crippen molar-refractivity contribution in [2.45, 2.75) is 24.7 Å². The van der Waals surface area contributed by atoms with E-state index in [9.17, 15) is 23.3 Å². The Morgan fingerprint density at radius 1 is 1.20 bits per heavy atom. The van der Waals surface area contributed by atoms with Crippen LogP contribution in [0.5, 0.6) is 0 Å². The lowest BCUT2D eigenvalue weighted by molar-refractivity contribution is -0.384. The van der Waals surface area contributed by atoms with Crippen molar-refractivity contribution >= 4 is 38.8 Å². The predicted octanol–water partition coefficient (Wildman–Crippen LogP) is 3.96. The molecule has 0 aliphatic carbocycles. The minimum Gasteiger partial charge on any atom is -0.376 e.